The average Bonchev–Trinajstić information content (AvgIpc) is 2.41. The minimum Gasteiger partial charge on any atom is -0.508 e. The van der Waals surface area contributed by atoms with Crippen LogP contribution >= 0.6 is 0 Å². The Labute approximate surface area is 136 Å². The zero-order valence-corrected chi connectivity index (χ0v) is 13.9. The third-order valence-electron chi connectivity index (χ3n) is 3.68. The third-order valence-corrected chi connectivity index (χ3v) is 3.68. The molecule has 0 atom stereocenters. The van der Waals surface area contributed by atoms with Crippen molar-refractivity contribution >= 4 is 5.78 Å². The summed E-state index contributed by atoms with van der Waals surface area (Å²) in [5.74, 6) is 1.12. The molecule has 4 heteroatoms. The van der Waals surface area contributed by atoms with Gasteiger partial charge in [-0.3, -0.25) is 4.79 Å². The van der Waals surface area contributed by atoms with Gasteiger partial charge in [0.2, 0.25) is 0 Å². The summed E-state index contributed by atoms with van der Waals surface area (Å²) in [4.78, 5) is 12.1. The van der Waals surface area contributed by atoms with Crippen LogP contribution in [-0.2, 0) is 11.2 Å². The first-order valence-electron chi connectivity index (χ1n) is 7.60. The van der Waals surface area contributed by atoms with Gasteiger partial charge in [0.25, 0.3) is 0 Å². The molecular formula is C19H22O4. The van der Waals surface area contributed by atoms with E-state index in [0.29, 0.717) is 11.5 Å². The van der Waals surface area contributed by atoms with E-state index in [0.717, 1.165) is 16.7 Å². The standard InChI is InChI=1S/C19H22O4/c1-11(2)18(22)10-17-13(4)7-15(21)9-19(17)23-16-6-12(3)5-14(20)8-16/h5-9,11,20-21H,10H2,1-4H3. The minimum atomic E-state index is -0.0703. The molecule has 2 rings (SSSR count). The molecule has 0 aliphatic carbocycles. The first-order valence-corrected chi connectivity index (χ1v) is 7.60. The molecule has 0 fully saturated rings. The first-order chi connectivity index (χ1) is 10.8. The number of ether oxygens (including phenoxy) is 1. The van der Waals surface area contributed by atoms with E-state index in [1.165, 1.54) is 12.1 Å². The van der Waals surface area contributed by atoms with E-state index in [4.69, 9.17) is 4.74 Å². The molecule has 0 aliphatic rings. The number of carbonyl (C=O) groups excluding carboxylic acids is 1. The SMILES string of the molecule is Cc1cc(O)cc(Oc2cc(O)cc(C)c2CC(=O)C(C)C)c1. The molecule has 0 aliphatic heterocycles. The lowest BCUT2D eigenvalue weighted by Gasteiger charge is -2.15. The van der Waals surface area contributed by atoms with Crippen molar-refractivity contribution in [1.82, 2.24) is 0 Å². The first kappa shape index (κ1) is 16.9. The molecule has 0 saturated heterocycles. The fraction of sp³-hybridized carbons (Fsp3) is 0.316. The summed E-state index contributed by atoms with van der Waals surface area (Å²) in [6.07, 6.45) is 0.247. The van der Waals surface area contributed by atoms with Gasteiger partial charge in [0.05, 0.1) is 0 Å². The van der Waals surface area contributed by atoms with Crippen LogP contribution in [0.25, 0.3) is 0 Å². The number of Topliss-reactive ketones (excluding diaryl/α,β-unsaturated/α-hetero) is 1. The molecule has 0 heterocycles. The summed E-state index contributed by atoms with van der Waals surface area (Å²) >= 11 is 0. The molecule has 0 amide bonds. The van der Waals surface area contributed by atoms with Crippen molar-refractivity contribution in [2.45, 2.75) is 34.1 Å². The van der Waals surface area contributed by atoms with Crippen LogP contribution in [0.2, 0.25) is 0 Å². The van der Waals surface area contributed by atoms with Gasteiger partial charge in [0.1, 0.15) is 28.8 Å². The highest BCUT2D eigenvalue weighted by atomic mass is 16.5. The van der Waals surface area contributed by atoms with Crippen molar-refractivity contribution in [2.24, 2.45) is 5.92 Å². The maximum atomic E-state index is 12.1. The molecule has 23 heavy (non-hydrogen) atoms. The lowest BCUT2D eigenvalue weighted by Crippen LogP contribution is -2.12. The van der Waals surface area contributed by atoms with E-state index < -0.39 is 0 Å². The van der Waals surface area contributed by atoms with Crippen LogP contribution in [0.15, 0.2) is 30.3 Å². The highest BCUT2D eigenvalue weighted by Crippen LogP contribution is 2.34. The normalized spacial score (nSPS) is 10.8. The average molecular weight is 314 g/mol. The van der Waals surface area contributed by atoms with Crippen LogP contribution in [-0.4, -0.2) is 16.0 Å². The maximum Gasteiger partial charge on any atom is 0.139 e. The van der Waals surface area contributed by atoms with E-state index in [1.807, 2.05) is 27.7 Å². The molecule has 2 N–H and O–H groups in total. The third kappa shape index (κ3) is 4.25. The van der Waals surface area contributed by atoms with E-state index in [-0.39, 0.29) is 29.6 Å². The van der Waals surface area contributed by atoms with E-state index >= 15 is 0 Å². The Morgan fingerprint density at radius 1 is 1.04 bits per heavy atom. The van der Waals surface area contributed by atoms with Gasteiger partial charge in [-0.15, -0.1) is 0 Å². The van der Waals surface area contributed by atoms with Crippen LogP contribution in [0.5, 0.6) is 23.0 Å². The number of phenols is 2. The van der Waals surface area contributed by atoms with E-state index in [2.05, 4.69) is 0 Å². The predicted molar refractivity (Wildman–Crippen MR) is 89.3 cm³/mol. The number of carbonyl (C=O) groups is 1. The lowest BCUT2D eigenvalue weighted by atomic mass is 9.96. The van der Waals surface area contributed by atoms with E-state index in [1.54, 1.807) is 18.2 Å². The fourth-order valence-corrected chi connectivity index (χ4v) is 2.38. The highest BCUT2D eigenvalue weighted by molar-refractivity contribution is 5.83. The maximum absolute atomic E-state index is 12.1. The minimum absolute atomic E-state index is 0.0703. The Kier molecular flexibility index (Phi) is 4.94. The molecule has 4 nitrogen and oxygen atoms in total. The molecule has 2 aromatic carbocycles. The molecule has 0 saturated carbocycles. The van der Waals surface area contributed by atoms with Crippen LogP contribution in [0.3, 0.4) is 0 Å². The Balaban J connectivity index is 2.42. The Morgan fingerprint density at radius 2 is 1.70 bits per heavy atom. The number of hydrogen-bond acceptors (Lipinski definition) is 4. The molecule has 2 aromatic rings. The summed E-state index contributed by atoms with van der Waals surface area (Å²) < 4.78 is 5.84. The number of aryl methyl sites for hydroxylation is 2. The second kappa shape index (κ2) is 6.73. The molecule has 0 spiro atoms. The summed E-state index contributed by atoms with van der Waals surface area (Å²) in [5, 5.41) is 19.5. The van der Waals surface area contributed by atoms with E-state index in [9.17, 15) is 15.0 Å². The molecule has 0 bridgehead atoms. The second-order valence-corrected chi connectivity index (χ2v) is 6.14. The van der Waals surface area contributed by atoms with Crippen molar-refractivity contribution in [1.29, 1.82) is 0 Å². The predicted octanol–water partition coefficient (Wildman–Crippen LogP) is 4.27. The van der Waals surface area contributed by atoms with Gasteiger partial charge in [0, 0.05) is 30.0 Å². The number of phenolic OH excluding ortho intramolecular Hbond substituents is 2. The summed E-state index contributed by atoms with van der Waals surface area (Å²) in [6.45, 7) is 7.40. The Hall–Kier alpha value is -2.49. The second-order valence-electron chi connectivity index (χ2n) is 6.14. The lowest BCUT2D eigenvalue weighted by molar-refractivity contribution is -0.121. The quantitative estimate of drug-likeness (QED) is 0.864. The van der Waals surface area contributed by atoms with Crippen molar-refractivity contribution in [3.8, 4) is 23.0 Å². The van der Waals surface area contributed by atoms with Crippen molar-refractivity contribution in [3.05, 3.63) is 47.0 Å². The van der Waals surface area contributed by atoms with Gasteiger partial charge in [-0.05, 0) is 43.2 Å². The van der Waals surface area contributed by atoms with Gasteiger partial charge < -0.3 is 14.9 Å². The molecular weight excluding hydrogens is 292 g/mol. The van der Waals surface area contributed by atoms with Crippen molar-refractivity contribution in [2.75, 3.05) is 0 Å². The molecule has 0 aromatic heterocycles. The number of rotatable bonds is 5. The molecule has 122 valence electrons. The summed E-state index contributed by atoms with van der Waals surface area (Å²) in [5.41, 5.74) is 2.41. The fourth-order valence-electron chi connectivity index (χ4n) is 2.38. The largest absolute Gasteiger partial charge is 0.508 e. The highest BCUT2D eigenvalue weighted by Gasteiger charge is 2.16. The van der Waals surface area contributed by atoms with Crippen LogP contribution in [0, 0.1) is 19.8 Å². The topological polar surface area (TPSA) is 66.8 Å². The molecule has 0 unspecified atom stereocenters. The number of benzene rings is 2. The van der Waals surface area contributed by atoms with Gasteiger partial charge in [-0.2, -0.15) is 0 Å². The van der Waals surface area contributed by atoms with Gasteiger partial charge in [0.15, 0.2) is 0 Å². The van der Waals surface area contributed by atoms with Gasteiger partial charge in [-0.1, -0.05) is 13.8 Å². The summed E-state index contributed by atoms with van der Waals surface area (Å²) in [6, 6.07) is 8.02. The number of aromatic hydroxyl groups is 2. The summed E-state index contributed by atoms with van der Waals surface area (Å²) in [7, 11) is 0. The Bertz CT molecular complexity index is 712. The Morgan fingerprint density at radius 3 is 2.30 bits per heavy atom. The van der Waals surface area contributed by atoms with Crippen molar-refractivity contribution < 1.29 is 19.7 Å². The van der Waals surface area contributed by atoms with Crippen LogP contribution in [0.1, 0.15) is 30.5 Å². The smallest absolute Gasteiger partial charge is 0.139 e. The molecule has 0 radical (unpaired) electrons. The van der Waals surface area contributed by atoms with Gasteiger partial charge >= 0.3 is 0 Å². The van der Waals surface area contributed by atoms with Crippen LogP contribution < -0.4 is 4.74 Å². The van der Waals surface area contributed by atoms with Crippen LogP contribution in [0.4, 0.5) is 0 Å². The number of ketones is 1. The monoisotopic (exact) mass is 314 g/mol. The number of hydrogen-bond donors (Lipinski definition) is 2. The zero-order valence-electron chi connectivity index (χ0n) is 13.9. The zero-order chi connectivity index (χ0) is 17.1. The van der Waals surface area contributed by atoms with Crippen molar-refractivity contribution in [3.63, 3.8) is 0 Å². The van der Waals surface area contributed by atoms with Gasteiger partial charge in [-0.25, -0.2) is 0 Å².